The van der Waals surface area contributed by atoms with Gasteiger partial charge in [-0.1, -0.05) is 41.4 Å². The third-order valence-electron chi connectivity index (χ3n) is 6.05. The number of benzene rings is 3. The Hall–Kier alpha value is -3.66. The summed E-state index contributed by atoms with van der Waals surface area (Å²) in [4.78, 5) is 26.0. The Morgan fingerprint density at radius 2 is 1.52 bits per heavy atom. The molecule has 1 N–H and O–H groups in total. The van der Waals surface area contributed by atoms with E-state index in [1.807, 2.05) is 0 Å². The number of carboxylic acids is 1. The zero-order valence-electron chi connectivity index (χ0n) is 23.6. The number of hydrogen-bond donors (Lipinski definition) is 1. The number of nitrogens with zero attached hydrogens (tertiary/aromatic N) is 1. The smallest absolute Gasteiger partial charge is 0.415 e. The molecule has 1 unspecified atom stereocenters. The number of carbonyl (C=O) groups is 2. The van der Waals surface area contributed by atoms with Crippen LogP contribution in [0.2, 0.25) is 10.0 Å². The van der Waals surface area contributed by atoms with Crippen LogP contribution >= 0.6 is 23.2 Å². The maximum absolute atomic E-state index is 13.1. The van der Waals surface area contributed by atoms with Crippen molar-refractivity contribution in [3.63, 3.8) is 0 Å². The SMILES string of the molecule is CCOC(Cc1ccc(OCCN(CCCCOc2cc(Cl)cc(Cl)c2)C(=O)Oc2cccc(OC)c2)cc1)C(=O)O. The molecule has 42 heavy (non-hydrogen) atoms. The lowest BCUT2D eigenvalue weighted by molar-refractivity contribution is -0.149. The van der Waals surface area contributed by atoms with Crippen LogP contribution in [0.1, 0.15) is 25.3 Å². The third kappa shape index (κ3) is 11.3. The van der Waals surface area contributed by atoms with Gasteiger partial charge in [-0.25, -0.2) is 9.59 Å². The van der Waals surface area contributed by atoms with Gasteiger partial charge in [0.25, 0.3) is 0 Å². The van der Waals surface area contributed by atoms with Gasteiger partial charge in [-0.15, -0.1) is 0 Å². The van der Waals surface area contributed by atoms with E-state index in [1.165, 1.54) is 0 Å². The largest absolute Gasteiger partial charge is 0.497 e. The highest BCUT2D eigenvalue weighted by molar-refractivity contribution is 6.34. The minimum atomic E-state index is -1.00. The molecule has 0 aromatic heterocycles. The van der Waals surface area contributed by atoms with Crippen LogP contribution in [0.15, 0.2) is 66.7 Å². The van der Waals surface area contributed by atoms with Crippen molar-refractivity contribution in [1.29, 1.82) is 0 Å². The molecule has 1 amide bonds. The van der Waals surface area contributed by atoms with E-state index in [2.05, 4.69) is 0 Å². The highest BCUT2D eigenvalue weighted by Gasteiger charge is 2.19. The fraction of sp³-hybridized carbons (Fsp3) is 0.355. The minimum Gasteiger partial charge on any atom is -0.497 e. The van der Waals surface area contributed by atoms with Crippen molar-refractivity contribution in [1.82, 2.24) is 4.90 Å². The summed E-state index contributed by atoms with van der Waals surface area (Å²) in [5, 5.41) is 10.3. The van der Waals surface area contributed by atoms with E-state index in [1.54, 1.807) is 85.7 Å². The number of rotatable bonds is 17. The summed E-state index contributed by atoms with van der Waals surface area (Å²) in [6.07, 6.45) is 0.163. The van der Waals surface area contributed by atoms with Crippen LogP contribution in [0.25, 0.3) is 0 Å². The Kier molecular flexibility index (Phi) is 13.6. The number of aliphatic carboxylic acids is 1. The van der Waals surface area contributed by atoms with Crippen LogP contribution in [-0.2, 0) is 16.0 Å². The molecular formula is C31H35Cl2NO8. The van der Waals surface area contributed by atoms with Gasteiger partial charge in [0.15, 0.2) is 6.10 Å². The summed E-state index contributed by atoms with van der Waals surface area (Å²) in [6.45, 7) is 3.41. The summed E-state index contributed by atoms with van der Waals surface area (Å²) in [5.74, 6) is 1.12. The van der Waals surface area contributed by atoms with E-state index in [-0.39, 0.29) is 19.6 Å². The normalized spacial score (nSPS) is 11.4. The van der Waals surface area contributed by atoms with Crippen molar-refractivity contribution in [3.05, 3.63) is 82.3 Å². The number of unbranched alkanes of at least 4 members (excludes halogenated alkanes) is 1. The first-order valence-corrected chi connectivity index (χ1v) is 14.3. The van der Waals surface area contributed by atoms with E-state index >= 15 is 0 Å². The highest BCUT2D eigenvalue weighted by Crippen LogP contribution is 2.24. The van der Waals surface area contributed by atoms with Gasteiger partial charge in [0.05, 0.1) is 20.3 Å². The van der Waals surface area contributed by atoms with Crippen molar-refractivity contribution in [2.75, 3.05) is 40.0 Å². The van der Waals surface area contributed by atoms with Crippen LogP contribution < -0.4 is 18.9 Å². The second-order valence-electron chi connectivity index (χ2n) is 9.17. The molecular weight excluding hydrogens is 585 g/mol. The molecule has 0 aliphatic carbocycles. The molecule has 3 aromatic carbocycles. The van der Waals surface area contributed by atoms with Crippen molar-refractivity contribution in [2.45, 2.75) is 32.3 Å². The Labute approximate surface area is 255 Å². The van der Waals surface area contributed by atoms with Crippen LogP contribution in [-0.4, -0.2) is 68.2 Å². The summed E-state index contributed by atoms with van der Waals surface area (Å²) in [6, 6.07) is 19.0. The zero-order valence-corrected chi connectivity index (χ0v) is 25.1. The third-order valence-corrected chi connectivity index (χ3v) is 6.49. The first-order chi connectivity index (χ1) is 20.3. The maximum atomic E-state index is 13.1. The molecule has 0 radical (unpaired) electrons. The molecule has 0 saturated heterocycles. The Bertz CT molecular complexity index is 1270. The molecule has 226 valence electrons. The topological polar surface area (TPSA) is 104 Å². The van der Waals surface area contributed by atoms with E-state index in [0.29, 0.717) is 65.6 Å². The molecule has 0 heterocycles. The molecule has 9 nitrogen and oxygen atoms in total. The molecule has 1 atom stereocenters. The number of carboxylic acid groups (broad SMARTS) is 1. The van der Waals surface area contributed by atoms with Crippen LogP contribution in [0, 0.1) is 0 Å². The minimum absolute atomic E-state index is 0.223. The van der Waals surface area contributed by atoms with Gasteiger partial charge in [0, 0.05) is 35.7 Å². The molecule has 3 rings (SSSR count). The van der Waals surface area contributed by atoms with E-state index in [9.17, 15) is 14.7 Å². The van der Waals surface area contributed by atoms with Crippen molar-refractivity contribution >= 4 is 35.3 Å². The second kappa shape index (κ2) is 17.3. The number of carbonyl (C=O) groups excluding carboxylic acids is 1. The van der Waals surface area contributed by atoms with Gasteiger partial charge >= 0.3 is 12.1 Å². The number of amides is 1. The average Bonchev–Trinajstić information content (AvgIpc) is 2.96. The average molecular weight is 621 g/mol. The quantitative estimate of drug-likeness (QED) is 0.165. The molecule has 0 bridgehead atoms. The maximum Gasteiger partial charge on any atom is 0.415 e. The van der Waals surface area contributed by atoms with Crippen molar-refractivity contribution in [2.24, 2.45) is 0 Å². The molecule has 11 heteroatoms. The molecule has 0 fully saturated rings. The standard InChI is InChI=1S/C31H35Cl2NO8/c1-3-39-29(30(35)36)17-22-9-11-25(12-10-22)41-16-14-34(31(37)42-27-8-6-7-26(21-27)38-2)13-4-5-15-40-28-19-23(32)18-24(33)20-28/h6-12,18-21,29H,3-5,13-17H2,1-2H3,(H,35,36). The number of hydrogen-bond acceptors (Lipinski definition) is 7. The fourth-order valence-electron chi connectivity index (χ4n) is 3.96. The molecule has 0 spiro atoms. The first-order valence-electron chi connectivity index (χ1n) is 13.5. The van der Waals surface area contributed by atoms with Gasteiger partial charge in [-0.05, 0) is 67.8 Å². The lowest BCUT2D eigenvalue weighted by Crippen LogP contribution is -2.37. The number of halogens is 2. The Morgan fingerprint density at radius 1 is 0.833 bits per heavy atom. The van der Waals surface area contributed by atoms with Gasteiger partial charge in [-0.2, -0.15) is 0 Å². The summed E-state index contributed by atoms with van der Waals surface area (Å²) in [7, 11) is 1.54. The lowest BCUT2D eigenvalue weighted by atomic mass is 10.1. The van der Waals surface area contributed by atoms with Gasteiger partial charge in [0.1, 0.15) is 29.6 Å². The van der Waals surface area contributed by atoms with E-state index in [0.717, 1.165) is 5.56 Å². The summed E-state index contributed by atoms with van der Waals surface area (Å²) >= 11 is 12.1. The zero-order chi connectivity index (χ0) is 30.3. The van der Waals surface area contributed by atoms with E-state index in [4.69, 9.17) is 46.9 Å². The monoisotopic (exact) mass is 619 g/mol. The first kappa shape index (κ1) is 32.8. The fourth-order valence-corrected chi connectivity index (χ4v) is 4.47. The number of methoxy groups -OCH3 is 1. The van der Waals surface area contributed by atoms with Gasteiger partial charge in [0.2, 0.25) is 0 Å². The predicted octanol–water partition coefficient (Wildman–Crippen LogP) is 6.77. The number of ether oxygens (including phenoxy) is 5. The van der Waals surface area contributed by atoms with E-state index < -0.39 is 18.2 Å². The highest BCUT2D eigenvalue weighted by atomic mass is 35.5. The lowest BCUT2D eigenvalue weighted by Gasteiger charge is -2.22. The van der Waals surface area contributed by atoms with Crippen LogP contribution in [0.3, 0.4) is 0 Å². The Morgan fingerprint density at radius 3 is 2.19 bits per heavy atom. The second-order valence-corrected chi connectivity index (χ2v) is 10.0. The summed E-state index contributed by atoms with van der Waals surface area (Å²) in [5.41, 5.74) is 0.814. The predicted molar refractivity (Wildman–Crippen MR) is 160 cm³/mol. The molecule has 3 aromatic rings. The molecule has 0 aliphatic heterocycles. The van der Waals surface area contributed by atoms with Crippen LogP contribution in [0.5, 0.6) is 23.0 Å². The van der Waals surface area contributed by atoms with Gasteiger partial charge < -0.3 is 33.7 Å². The molecule has 0 aliphatic rings. The van der Waals surface area contributed by atoms with Crippen molar-refractivity contribution < 1.29 is 38.4 Å². The van der Waals surface area contributed by atoms with Crippen LogP contribution in [0.4, 0.5) is 4.79 Å². The van der Waals surface area contributed by atoms with Crippen molar-refractivity contribution in [3.8, 4) is 23.0 Å². The molecule has 0 saturated carbocycles. The summed E-state index contributed by atoms with van der Waals surface area (Å²) < 4.78 is 27.7. The Balaban J connectivity index is 1.54. The van der Waals surface area contributed by atoms with Gasteiger partial charge in [-0.3, -0.25) is 0 Å².